The van der Waals surface area contributed by atoms with Gasteiger partial charge >= 0.3 is 6.18 Å². The maximum absolute atomic E-state index is 14.4. The highest BCUT2D eigenvalue weighted by Gasteiger charge is 2.36. The van der Waals surface area contributed by atoms with Gasteiger partial charge in [-0.2, -0.15) is 18.3 Å². The van der Waals surface area contributed by atoms with E-state index in [4.69, 9.17) is 9.84 Å². The van der Waals surface area contributed by atoms with Crippen LogP contribution in [0, 0.1) is 5.82 Å². The minimum absolute atomic E-state index is 0.000686. The third-order valence-electron chi connectivity index (χ3n) is 6.69. The maximum Gasteiger partial charge on any atom is 0.419 e. The summed E-state index contributed by atoms with van der Waals surface area (Å²) in [5, 5.41) is 9.02. The summed E-state index contributed by atoms with van der Waals surface area (Å²) in [6.45, 7) is 2.70. The molecular formula is C26H28F4N8O. The molecule has 0 spiro atoms. The molecule has 4 heterocycles. The second kappa shape index (κ2) is 10.6. The molecule has 13 heteroatoms. The van der Waals surface area contributed by atoms with Crippen LogP contribution >= 0.6 is 0 Å². The fraction of sp³-hybridized carbons (Fsp3) is 0.423. The van der Waals surface area contributed by atoms with Crippen molar-refractivity contribution in [2.75, 3.05) is 30.9 Å². The number of nitrogens with zero attached hydrogens (tertiary/aromatic N) is 7. The van der Waals surface area contributed by atoms with E-state index < -0.39 is 29.5 Å². The van der Waals surface area contributed by atoms with E-state index >= 15 is 0 Å². The molecule has 0 atom stereocenters. The van der Waals surface area contributed by atoms with Crippen molar-refractivity contribution in [1.29, 1.82) is 0 Å². The number of nitrogens with one attached hydrogen (secondary N) is 1. The van der Waals surface area contributed by atoms with Crippen LogP contribution in [0.2, 0.25) is 0 Å². The van der Waals surface area contributed by atoms with Crippen LogP contribution in [0.5, 0.6) is 5.88 Å². The van der Waals surface area contributed by atoms with Gasteiger partial charge in [0.1, 0.15) is 17.6 Å². The van der Waals surface area contributed by atoms with Gasteiger partial charge in [-0.15, -0.1) is 0 Å². The first kappa shape index (κ1) is 26.6. The number of ether oxygens (including phenoxy) is 1. The molecule has 1 N–H and O–H groups in total. The Morgan fingerprint density at radius 3 is 2.41 bits per heavy atom. The summed E-state index contributed by atoms with van der Waals surface area (Å²) in [6.07, 6.45) is 3.15. The Labute approximate surface area is 222 Å². The Balaban J connectivity index is 1.40. The van der Waals surface area contributed by atoms with Gasteiger partial charge in [-0.05, 0) is 38.7 Å². The fourth-order valence-electron chi connectivity index (χ4n) is 4.77. The van der Waals surface area contributed by atoms with Crippen LogP contribution in [0.25, 0.3) is 22.2 Å². The number of hydrogen-bond donors (Lipinski definition) is 1. The van der Waals surface area contributed by atoms with E-state index in [2.05, 4.69) is 25.3 Å². The Kier molecular flexibility index (Phi) is 7.23. The first-order valence-corrected chi connectivity index (χ1v) is 12.7. The number of aromatic nitrogens is 6. The van der Waals surface area contributed by atoms with E-state index in [9.17, 15) is 17.6 Å². The molecule has 39 heavy (non-hydrogen) atoms. The van der Waals surface area contributed by atoms with E-state index in [1.165, 1.54) is 0 Å². The van der Waals surface area contributed by atoms with E-state index in [0.29, 0.717) is 49.9 Å². The average Bonchev–Trinajstić information content (AvgIpc) is 3.29. The van der Waals surface area contributed by atoms with Crippen LogP contribution in [0.4, 0.5) is 29.3 Å². The minimum Gasteiger partial charge on any atom is -0.472 e. The summed E-state index contributed by atoms with van der Waals surface area (Å²) in [7, 11) is 3.73. The quantitative estimate of drug-likeness (QED) is 0.305. The Bertz CT molecular complexity index is 1450. The van der Waals surface area contributed by atoms with Crippen LogP contribution in [0.15, 0.2) is 36.9 Å². The zero-order valence-corrected chi connectivity index (χ0v) is 21.7. The van der Waals surface area contributed by atoms with Gasteiger partial charge in [0.05, 0.1) is 17.1 Å². The van der Waals surface area contributed by atoms with E-state index in [-0.39, 0.29) is 6.04 Å². The summed E-state index contributed by atoms with van der Waals surface area (Å²) in [5.41, 5.74) is 0.969. The lowest BCUT2D eigenvalue weighted by Gasteiger charge is -2.29. The lowest BCUT2D eigenvalue weighted by atomic mass is 9.93. The van der Waals surface area contributed by atoms with Crippen molar-refractivity contribution < 1.29 is 22.3 Å². The predicted molar refractivity (Wildman–Crippen MR) is 138 cm³/mol. The topological polar surface area (TPSA) is 93.9 Å². The van der Waals surface area contributed by atoms with Gasteiger partial charge < -0.3 is 15.0 Å². The molecule has 0 radical (unpaired) electrons. The van der Waals surface area contributed by atoms with Crippen molar-refractivity contribution in [3.05, 3.63) is 48.3 Å². The van der Waals surface area contributed by atoms with Crippen molar-refractivity contribution in [3.63, 3.8) is 0 Å². The molecule has 5 rings (SSSR count). The molecule has 0 bridgehead atoms. The molecule has 0 unspecified atom stereocenters. The van der Waals surface area contributed by atoms with Gasteiger partial charge in [-0.3, -0.25) is 4.68 Å². The number of rotatable bonds is 7. The Morgan fingerprint density at radius 2 is 1.77 bits per heavy atom. The summed E-state index contributed by atoms with van der Waals surface area (Å²) in [5.74, 6) is -0.802. The summed E-state index contributed by atoms with van der Waals surface area (Å²) < 4.78 is 61.2. The largest absolute Gasteiger partial charge is 0.472 e. The van der Waals surface area contributed by atoms with Crippen molar-refractivity contribution in [2.45, 2.75) is 50.9 Å². The number of pyridine rings is 2. The number of fused-ring (bicyclic) bond motifs is 1. The molecule has 4 aromatic rings. The highest BCUT2D eigenvalue weighted by Crippen LogP contribution is 2.38. The molecule has 1 aliphatic carbocycles. The second-order valence-electron chi connectivity index (χ2n) is 9.60. The monoisotopic (exact) mass is 544 g/mol. The highest BCUT2D eigenvalue weighted by atomic mass is 19.4. The summed E-state index contributed by atoms with van der Waals surface area (Å²) in [6, 6.07) is 2.56. The SMILES string of the molecule is CCNc1cc2c(cn1)c(-c1cnc(N(C)C)nc1)nn2[C@H]1CC[C@@H](Oc2nccc(C(F)(F)F)c2F)CC1. The molecule has 0 amide bonds. The van der Waals surface area contributed by atoms with Crippen LogP contribution < -0.4 is 15.0 Å². The molecule has 1 saturated carbocycles. The van der Waals surface area contributed by atoms with Crippen LogP contribution in [0.3, 0.4) is 0 Å². The molecule has 1 aliphatic rings. The number of hydrogen-bond acceptors (Lipinski definition) is 8. The molecule has 206 valence electrons. The second-order valence-corrected chi connectivity index (χ2v) is 9.60. The van der Waals surface area contributed by atoms with Gasteiger partial charge in [0.15, 0.2) is 5.82 Å². The van der Waals surface area contributed by atoms with Gasteiger partial charge in [0.2, 0.25) is 5.95 Å². The first-order chi connectivity index (χ1) is 18.7. The molecule has 9 nitrogen and oxygen atoms in total. The summed E-state index contributed by atoms with van der Waals surface area (Å²) in [4.78, 5) is 18.9. The molecule has 0 aliphatic heterocycles. The minimum atomic E-state index is -4.82. The zero-order valence-electron chi connectivity index (χ0n) is 21.7. The summed E-state index contributed by atoms with van der Waals surface area (Å²) >= 11 is 0. The van der Waals surface area contributed by atoms with Gasteiger partial charge in [0, 0.05) is 62.4 Å². The highest BCUT2D eigenvalue weighted by molar-refractivity contribution is 5.93. The standard InChI is InChI=1S/C26H28F4N8O/c1-4-31-21-11-20-18(14-33-21)23(15-12-34-25(35-13-15)37(2)3)36-38(20)16-5-7-17(8-6-16)39-24-22(27)19(9-10-32-24)26(28,29)30/h9-14,16-17H,4-8H2,1-3H3,(H,31,33)/t16-,17+. The Morgan fingerprint density at radius 1 is 1.05 bits per heavy atom. The molecule has 0 aromatic carbocycles. The lowest BCUT2D eigenvalue weighted by Crippen LogP contribution is -2.27. The van der Waals surface area contributed by atoms with Gasteiger partial charge in [-0.25, -0.2) is 24.3 Å². The number of halogens is 4. The van der Waals surface area contributed by atoms with Crippen molar-refractivity contribution in [2.24, 2.45) is 0 Å². The third kappa shape index (κ3) is 5.43. The first-order valence-electron chi connectivity index (χ1n) is 12.7. The molecular weight excluding hydrogens is 516 g/mol. The third-order valence-corrected chi connectivity index (χ3v) is 6.69. The number of anilines is 2. The zero-order chi connectivity index (χ0) is 27.7. The predicted octanol–water partition coefficient (Wildman–Crippen LogP) is 5.50. The van der Waals surface area contributed by atoms with Crippen molar-refractivity contribution >= 4 is 22.7 Å². The average molecular weight is 545 g/mol. The van der Waals surface area contributed by atoms with E-state index in [1.807, 2.05) is 36.7 Å². The Hall–Kier alpha value is -4.03. The van der Waals surface area contributed by atoms with Crippen LogP contribution in [0.1, 0.15) is 44.2 Å². The van der Waals surface area contributed by atoms with Crippen LogP contribution in [-0.4, -0.2) is 56.5 Å². The maximum atomic E-state index is 14.4. The fourth-order valence-corrected chi connectivity index (χ4v) is 4.77. The lowest BCUT2D eigenvalue weighted by molar-refractivity contribution is -0.140. The van der Waals surface area contributed by atoms with Crippen LogP contribution in [-0.2, 0) is 6.18 Å². The van der Waals surface area contributed by atoms with Crippen molar-refractivity contribution in [3.8, 4) is 17.1 Å². The van der Waals surface area contributed by atoms with E-state index in [1.54, 1.807) is 18.6 Å². The van der Waals surface area contributed by atoms with Crippen molar-refractivity contribution in [1.82, 2.24) is 29.7 Å². The smallest absolute Gasteiger partial charge is 0.419 e. The van der Waals surface area contributed by atoms with Gasteiger partial charge in [0.25, 0.3) is 5.88 Å². The molecule has 1 fully saturated rings. The number of alkyl halides is 3. The normalized spacial score (nSPS) is 17.8. The molecule has 4 aromatic heterocycles. The van der Waals surface area contributed by atoms with E-state index in [0.717, 1.165) is 28.5 Å². The van der Waals surface area contributed by atoms with Gasteiger partial charge in [-0.1, -0.05) is 0 Å². The molecule has 0 saturated heterocycles.